The first-order chi connectivity index (χ1) is 10.6. The molecule has 4 atom stereocenters. The van der Waals surface area contributed by atoms with Crippen molar-refractivity contribution in [3.63, 3.8) is 0 Å². The van der Waals surface area contributed by atoms with Gasteiger partial charge in [-0.05, 0) is 26.3 Å². The monoisotopic (exact) mass is 304 g/mol. The highest BCUT2D eigenvalue weighted by atomic mass is 16.5. The van der Waals surface area contributed by atoms with Gasteiger partial charge in [0.05, 0.1) is 18.5 Å². The van der Waals surface area contributed by atoms with Crippen LogP contribution in [0.3, 0.4) is 0 Å². The first-order valence-electron chi connectivity index (χ1n) is 7.81. The fraction of sp³-hybridized carbons (Fsp3) is 0.500. The molecule has 4 unspecified atom stereocenters. The SMILES string of the molecule is CCOC(=O)C=CC=CC=CC1C(O)CC2OC(C)=CCC21. The normalized spacial score (nSPS) is 31.5. The zero-order chi connectivity index (χ0) is 15.9. The maximum absolute atomic E-state index is 11.1. The topological polar surface area (TPSA) is 55.8 Å². The van der Waals surface area contributed by atoms with E-state index in [2.05, 4.69) is 6.08 Å². The molecule has 1 aliphatic heterocycles. The van der Waals surface area contributed by atoms with Crippen molar-refractivity contribution in [3.8, 4) is 0 Å². The van der Waals surface area contributed by atoms with E-state index in [1.54, 1.807) is 19.1 Å². The van der Waals surface area contributed by atoms with Gasteiger partial charge in [-0.15, -0.1) is 0 Å². The van der Waals surface area contributed by atoms with E-state index in [9.17, 15) is 9.90 Å². The first kappa shape index (κ1) is 16.6. The third kappa shape index (κ3) is 4.34. The van der Waals surface area contributed by atoms with Gasteiger partial charge in [0, 0.05) is 24.3 Å². The van der Waals surface area contributed by atoms with Gasteiger partial charge in [0.25, 0.3) is 0 Å². The number of esters is 1. The van der Waals surface area contributed by atoms with E-state index in [1.807, 2.05) is 25.2 Å². The van der Waals surface area contributed by atoms with Crippen molar-refractivity contribution >= 4 is 5.97 Å². The molecule has 0 aromatic carbocycles. The van der Waals surface area contributed by atoms with Crippen molar-refractivity contribution in [2.45, 2.75) is 38.9 Å². The second kappa shape index (κ2) is 7.99. The lowest BCUT2D eigenvalue weighted by Gasteiger charge is -2.27. The Balaban J connectivity index is 1.86. The molecule has 4 nitrogen and oxygen atoms in total. The Bertz CT molecular complexity index is 501. The molecule has 1 aliphatic carbocycles. The van der Waals surface area contributed by atoms with Gasteiger partial charge in [0.2, 0.25) is 0 Å². The lowest BCUT2D eigenvalue weighted by molar-refractivity contribution is -0.137. The van der Waals surface area contributed by atoms with Gasteiger partial charge in [-0.3, -0.25) is 0 Å². The number of carbonyl (C=O) groups excluding carboxylic acids is 1. The van der Waals surface area contributed by atoms with Gasteiger partial charge in [-0.1, -0.05) is 30.4 Å². The summed E-state index contributed by atoms with van der Waals surface area (Å²) in [5.41, 5.74) is 0. The summed E-state index contributed by atoms with van der Waals surface area (Å²) in [5.74, 6) is 1.08. The maximum Gasteiger partial charge on any atom is 0.330 e. The van der Waals surface area contributed by atoms with Crippen LogP contribution in [0.5, 0.6) is 0 Å². The highest BCUT2D eigenvalue weighted by Gasteiger charge is 2.43. The predicted octanol–water partition coefficient (Wildman–Crippen LogP) is 2.91. The summed E-state index contributed by atoms with van der Waals surface area (Å²) in [5, 5.41) is 10.2. The van der Waals surface area contributed by atoms with E-state index in [-0.39, 0.29) is 24.1 Å². The second-order valence-electron chi connectivity index (χ2n) is 5.63. The molecule has 0 amide bonds. The van der Waals surface area contributed by atoms with Crippen LogP contribution >= 0.6 is 0 Å². The van der Waals surface area contributed by atoms with Crippen LogP contribution in [0.1, 0.15) is 26.7 Å². The number of fused-ring (bicyclic) bond motifs is 1. The van der Waals surface area contributed by atoms with Crippen molar-refractivity contribution in [3.05, 3.63) is 48.3 Å². The molecule has 120 valence electrons. The third-order valence-electron chi connectivity index (χ3n) is 4.09. The summed E-state index contributed by atoms with van der Waals surface area (Å²) in [7, 11) is 0. The fourth-order valence-corrected chi connectivity index (χ4v) is 3.05. The van der Waals surface area contributed by atoms with Gasteiger partial charge < -0.3 is 14.6 Å². The van der Waals surface area contributed by atoms with E-state index in [4.69, 9.17) is 9.47 Å². The van der Waals surface area contributed by atoms with Crippen LogP contribution in [0.15, 0.2) is 48.3 Å². The molecule has 0 radical (unpaired) electrons. The second-order valence-corrected chi connectivity index (χ2v) is 5.63. The summed E-state index contributed by atoms with van der Waals surface area (Å²) in [6, 6.07) is 0. The number of hydrogen-bond acceptors (Lipinski definition) is 4. The van der Waals surface area contributed by atoms with Crippen LogP contribution in [0, 0.1) is 11.8 Å². The highest BCUT2D eigenvalue weighted by molar-refractivity contribution is 5.82. The minimum absolute atomic E-state index is 0.119. The van der Waals surface area contributed by atoms with E-state index < -0.39 is 0 Å². The van der Waals surface area contributed by atoms with E-state index in [0.717, 1.165) is 12.2 Å². The van der Waals surface area contributed by atoms with Gasteiger partial charge in [-0.25, -0.2) is 4.79 Å². The Labute approximate surface area is 131 Å². The first-order valence-corrected chi connectivity index (χ1v) is 7.81. The van der Waals surface area contributed by atoms with Gasteiger partial charge in [-0.2, -0.15) is 0 Å². The summed E-state index contributed by atoms with van der Waals surface area (Å²) < 4.78 is 10.6. The molecule has 1 fully saturated rings. The minimum Gasteiger partial charge on any atom is -0.495 e. The summed E-state index contributed by atoms with van der Waals surface area (Å²) in [6.45, 7) is 4.12. The summed E-state index contributed by atoms with van der Waals surface area (Å²) in [4.78, 5) is 11.1. The van der Waals surface area contributed by atoms with Crippen LogP contribution < -0.4 is 0 Å². The van der Waals surface area contributed by atoms with E-state index in [0.29, 0.717) is 18.9 Å². The number of rotatable bonds is 5. The Morgan fingerprint density at radius 3 is 2.95 bits per heavy atom. The minimum atomic E-state index is -0.353. The third-order valence-corrected chi connectivity index (χ3v) is 4.09. The fourth-order valence-electron chi connectivity index (χ4n) is 3.05. The van der Waals surface area contributed by atoms with Crippen molar-refractivity contribution in [2.75, 3.05) is 6.61 Å². The number of aliphatic hydroxyl groups excluding tert-OH is 1. The molecular formula is C18H24O4. The highest BCUT2D eigenvalue weighted by Crippen LogP contribution is 2.41. The molecule has 4 heteroatoms. The van der Waals surface area contributed by atoms with Gasteiger partial charge in [0.1, 0.15) is 6.10 Å². The Morgan fingerprint density at radius 1 is 1.41 bits per heavy atom. The lowest BCUT2D eigenvalue weighted by atomic mass is 9.89. The molecule has 2 aliphatic rings. The number of ether oxygens (including phenoxy) is 2. The molecule has 1 heterocycles. The molecule has 2 rings (SSSR count). The number of hydrogen-bond donors (Lipinski definition) is 1. The Hall–Kier alpha value is -1.81. The molecule has 1 N–H and O–H groups in total. The molecular weight excluding hydrogens is 280 g/mol. The number of carbonyl (C=O) groups is 1. The van der Waals surface area contributed by atoms with E-state index in [1.165, 1.54) is 6.08 Å². The molecule has 0 bridgehead atoms. The summed E-state index contributed by atoms with van der Waals surface area (Å²) in [6.07, 6.45) is 14.1. The predicted molar refractivity (Wildman–Crippen MR) is 84.9 cm³/mol. The van der Waals surface area contributed by atoms with Crippen LogP contribution in [-0.4, -0.2) is 29.9 Å². The standard InChI is InChI=1S/C18H24O4/c1-3-21-18(20)9-7-5-4-6-8-14-15-11-10-13(2)22-17(15)12-16(14)19/h4-10,14-17,19H,3,11-12H2,1-2H3. The molecule has 0 spiro atoms. The van der Waals surface area contributed by atoms with Crippen LogP contribution in [0.4, 0.5) is 0 Å². The largest absolute Gasteiger partial charge is 0.495 e. The Morgan fingerprint density at radius 2 is 2.18 bits per heavy atom. The maximum atomic E-state index is 11.1. The van der Waals surface area contributed by atoms with Crippen molar-refractivity contribution in [2.24, 2.45) is 11.8 Å². The number of aliphatic hydroxyl groups is 1. The van der Waals surface area contributed by atoms with Crippen LogP contribution in [0.25, 0.3) is 0 Å². The molecule has 0 aromatic rings. The Kier molecular flexibility index (Phi) is 6.01. The molecule has 1 saturated carbocycles. The zero-order valence-corrected chi connectivity index (χ0v) is 13.1. The van der Waals surface area contributed by atoms with Crippen molar-refractivity contribution in [1.29, 1.82) is 0 Å². The average Bonchev–Trinajstić information content (AvgIpc) is 2.77. The lowest BCUT2D eigenvalue weighted by Crippen LogP contribution is -2.24. The van der Waals surface area contributed by atoms with Crippen molar-refractivity contribution in [1.82, 2.24) is 0 Å². The smallest absolute Gasteiger partial charge is 0.330 e. The van der Waals surface area contributed by atoms with Gasteiger partial charge in [0.15, 0.2) is 0 Å². The summed E-state index contributed by atoms with van der Waals surface area (Å²) >= 11 is 0. The quantitative estimate of drug-likeness (QED) is 0.482. The van der Waals surface area contributed by atoms with Crippen LogP contribution in [0.2, 0.25) is 0 Å². The average molecular weight is 304 g/mol. The molecule has 0 aromatic heterocycles. The molecule has 22 heavy (non-hydrogen) atoms. The molecule has 0 saturated heterocycles. The van der Waals surface area contributed by atoms with Gasteiger partial charge >= 0.3 is 5.97 Å². The van der Waals surface area contributed by atoms with E-state index >= 15 is 0 Å². The van der Waals surface area contributed by atoms with Crippen molar-refractivity contribution < 1.29 is 19.4 Å². The zero-order valence-electron chi connectivity index (χ0n) is 13.1. The number of allylic oxidation sites excluding steroid dienone is 6. The van der Waals surface area contributed by atoms with Crippen LogP contribution in [-0.2, 0) is 14.3 Å².